The summed E-state index contributed by atoms with van der Waals surface area (Å²) in [4.78, 5) is 13.2. The number of nitrogens with zero attached hydrogens (tertiary/aromatic N) is 1. The molecule has 0 saturated carbocycles. The minimum Gasteiger partial charge on any atom is -0.381 e. The zero-order valence-corrected chi connectivity index (χ0v) is 9.56. The molecule has 1 fully saturated rings. The van der Waals surface area contributed by atoms with Crippen LogP contribution in [0.25, 0.3) is 0 Å². The molecule has 0 aliphatic carbocycles. The van der Waals surface area contributed by atoms with Gasteiger partial charge in [-0.3, -0.25) is 4.79 Å². The van der Waals surface area contributed by atoms with Crippen molar-refractivity contribution in [2.75, 3.05) is 25.1 Å². The fourth-order valence-electron chi connectivity index (χ4n) is 2.21. The Labute approximate surface area is 96.0 Å². The van der Waals surface area contributed by atoms with Crippen molar-refractivity contribution in [3.63, 3.8) is 0 Å². The van der Waals surface area contributed by atoms with Gasteiger partial charge in [-0.2, -0.15) is 0 Å². The van der Waals surface area contributed by atoms with Gasteiger partial charge in [0.05, 0.1) is 6.10 Å². The molecule has 1 aliphatic rings. The molecular formula is C13H17NO2. The van der Waals surface area contributed by atoms with Crippen LogP contribution in [-0.2, 0) is 4.74 Å². The van der Waals surface area contributed by atoms with Crippen molar-refractivity contribution in [3.05, 3.63) is 29.8 Å². The second-order valence-electron chi connectivity index (χ2n) is 4.10. The number of ether oxygens (including phenoxy) is 1. The van der Waals surface area contributed by atoms with E-state index in [0.717, 1.165) is 43.5 Å². The molecule has 0 spiro atoms. The van der Waals surface area contributed by atoms with Crippen LogP contribution in [0.15, 0.2) is 24.3 Å². The molecule has 1 aliphatic heterocycles. The summed E-state index contributed by atoms with van der Waals surface area (Å²) in [7, 11) is 1.76. The molecule has 1 saturated heterocycles. The van der Waals surface area contributed by atoms with Gasteiger partial charge in [0.15, 0.2) is 6.29 Å². The number of piperidine rings is 1. The van der Waals surface area contributed by atoms with E-state index in [9.17, 15) is 4.79 Å². The molecule has 0 atom stereocenters. The van der Waals surface area contributed by atoms with Crippen molar-refractivity contribution >= 4 is 12.0 Å². The first-order chi connectivity index (χ1) is 7.85. The Bertz CT molecular complexity index is 357. The Morgan fingerprint density at radius 3 is 2.62 bits per heavy atom. The van der Waals surface area contributed by atoms with Crippen LogP contribution in [0.4, 0.5) is 5.69 Å². The number of methoxy groups -OCH3 is 1. The average Bonchev–Trinajstić information content (AvgIpc) is 2.39. The highest BCUT2D eigenvalue weighted by molar-refractivity contribution is 5.84. The van der Waals surface area contributed by atoms with Crippen LogP contribution >= 0.6 is 0 Å². The van der Waals surface area contributed by atoms with Crippen molar-refractivity contribution in [2.24, 2.45) is 0 Å². The molecule has 1 heterocycles. The number of carbonyl (C=O) groups is 1. The van der Waals surface area contributed by atoms with E-state index in [1.807, 2.05) is 24.3 Å². The number of anilines is 1. The lowest BCUT2D eigenvalue weighted by Crippen LogP contribution is -2.37. The third kappa shape index (κ3) is 2.25. The SMILES string of the molecule is COC1CCN(c2ccccc2C=O)CC1. The van der Waals surface area contributed by atoms with Gasteiger partial charge in [-0.15, -0.1) is 0 Å². The predicted octanol–water partition coefficient (Wildman–Crippen LogP) is 2.11. The topological polar surface area (TPSA) is 29.5 Å². The maximum absolute atomic E-state index is 10.9. The Hall–Kier alpha value is -1.35. The van der Waals surface area contributed by atoms with E-state index >= 15 is 0 Å². The zero-order valence-electron chi connectivity index (χ0n) is 9.56. The van der Waals surface area contributed by atoms with Gasteiger partial charge in [0.25, 0.3) is 0 Å². The molecular weight excluding hydrogens is 202 g/mol. The second kappa shape index (κ2) is 5.12. The molecule has 0 aromatic heterocycles. The highest BCUT2D eigenvalue weighted by Gasteiger charge is 2.20. The summed E-state index contributed by atoms with van der Waals surface area (Å²) < 4.78 is 5.34. The Balaban J connectivity index is 2.10. The van der Waals surface area contributed by atoms with E-state index < -0.39 is 0 Å². The van der Waals surface area contributed by atoms with Gasteiger partial charge >= 0.3 is 0 Å². The average molecular weight is 219 g/mol. The summed E-state index contributed by atoms with van der Waals surface area (Å²) in [5, 5.41) is 0. The standard InChI is InChI=1S/C13H17NO2/c1-16-12-6-8-14(9-7-12)13-5-3-2-4-11(13)10-15/h2-5,10,12H,6-9H2,1H3. The van der Waals surface area contributed by atoms with Crippen molar-refractivity contribution in [2.45, 2.75) is 18.9 Å². The van der Waals surface area contributed by atoms with Gasteiger partial charge in [-0.05, 0) is 25.0 Å². The summed E-state index contributed by atoms with van der Waals surface area (Å²) in [5.41, 5.74) is 1.82. The third-order valence-corrected chi connectivity index (χ3v) is 3.18. The van der Waals surface area contributed by atoms with Crippen molar-refractivity contribution < 1.29 is 9.53 Å². The monoisotopic (exact) mass is 219 g/mol. The Kier molecular flexibility index (Phi) is 3.57. The van der Waals surface area contributed by atoms with Crippen LogP contribution in [0.1, 0.15) is 23.2 Å². The number of aldehydes is 1. The van der Waals surface area contributed by atoms with Crippen LogP contribution in [0.3, 0.4) is 0 Å². The van der Waals surface area contributed by atoms with Crippen LogP contribution in [0, 0.1) is 0 Å². The summed E-state index contributed by atoms with van der Waals surface area (Å²) in [5.74, 6) is 0. The van der Waals surface area contributed by atoms with Crippen molar-refractivity contribution in [1.82, 2.24) is 0 Å². The van der Waals surface area contributed by atoms with Crippen LogP contribution < -0.4 is 4.90 Å². The first-order valence-electron chi connectivity index (χ1n) is 5.67. The Morgan fingerprint density at radius 1 is 1.31 bits per heavy atom. The lowest BCUT2D eigenvalue weighted by molar-refractivity contribution is 0.0819. The zero-order chi connectivity index (χ0) is 11.4. The summed E-state index contributed by atoms with van der Waals surface area (Å²) in [6.07, 6.45) is 3.37. The van der Waals surface area contributed by atoms with Gasteiger partial charge in [0.2, 0.25) is 0 Å². The molecule has 0 bridgehead atoms. The predicted molar refractivity (Wildman–Crippen MR) is 64.1 cm³/mol. The molecule has 0 unspecified atom stereocenters. The van der Waals surface area contributed by atoms with E-state index in [4.69, 9.17) is 4.74 Å². The number of para-hydroxylation sites is 1. The summed E-state index contributed by atoms with van der Waals surface area (Å²) >= 11 is 0. The number of carbonyl (C=O) groups excluding carboxylic acids is 1. The maximum atomic E-state index is 10.9. The molecule has 3 heteroatoms. The first kappa shape index (κ1) is 11.1. The van der Waals surface area contributed by atoms with Gasteiger partial charge in [0.1, 0.15) is 0 Å². The molecule has 0 radical (unpaired) electrons. The number of rotatable bonds is 3. The normalized spacial score (nSPS) is 17.4. The van der Waals surface area contributed by atoms with Crippen LogP contribution in [0.5, 0.6) is 0 Å². The lowest BCUT2D eigenvalue weighted by atomic mass is 10.1. The molecule has 1 aromatic rings. The van der Waals surface area contributed by atoms with Gasteiger partial charge < -0.3 is 9.64 Å². The quantitative estimate of drug-likeness (QED) is 0.729. The van der Waals surface area contributed by atoms with Crippen LogP contribution in [-0.4, -0.2) is 32.6 Å². The van der Waals surface area contributed by atoms with E-state index in [2.05, 4.69) is 4.90 Å². The smallest absolute Gasteiger partial charge is 0.152 e. The van der Waals surface area contributed by atoms with Crippen molar-refractivity contribution in [3.8, 4) is 0 Å². The van der Waals surface area contributed by atoms with Crippen molar-refractivity contribution in [1.29, 1.82) is 0 Å². The molecule has 1 aromatic carbocycles. The molecule has 0 N–H and O–H groups in total. The third-order valence-electron chi connectivity index (χ3n) is 3.18. The van der Waals surface area contributed by atoms with Gasteiger partial charge in [0, 0.05) is 31.5 Å². The Morgan fingerprint density at radius 2 is 2.00 bits per heavy atom. The van der Waals surface area contributed by atoms with E-state index in [-0.39, 0.29) is 0 Å². The second-order valence-corrected chi connectivity index (χ2v) is 4.10. The van der Waals surface area contributed by atoms with Crippen LogP contribution in [0.2, 0.25) is 0 Å². The van der Waals surface area contributed by atoms with E-state index in [1.54, 1.807) is 7.11 Å². The molecule has 0 amide bonds. The fourth-order valence-corrected chi connectivity index (χ4v) is 2.21. The first-order valence-corrected chi connectivity index (χ1v) is 5.67. The molecule has 2 rings (SSSR count). The largest absolute Gasteiger partial charge is 0.381 e. The van der Waals surface area contributed by atoms with Gasteiger partial charge in [-0.25, -0.2) is 0 Å². The highest BCUT2D eigenvalue weighted by atomic mass is 16.5. The molecule has 86 valence electrons. The van der Waals surface area contributed by atoms with E-state index in [1.165, 1.54) is 0 Å². The fraction of sp³-hybridized carbons (Fsp3) is 0.462. The maximum Gasteiger partial charge on any atom is 0.152 e. The molecule has 3 nitrogen and oxygen atoms in total. The lowest BCUT2D eigenvalue weighted by Gasteiger charge is -2.33. The number of hydrogen-bond donors (Lipinski definition) is 0. The highest BCUT2D eigenvalue weighted by Crippen LogP contribution is 2.23. The number of hydrogen-bond acceptors (Lipinski definition) is 3. The minimum absolute atomic E-state index is 0.375. The summed E-state index contributed by atoms with van der Waals surface area (Å²) in [6, 6.07) is 7.75. The van der Waals surface area contributed by atoms with Gasteiger partial charge in [-0.1, -0.05) is 12.1 Å². The number of benzene rings is 1. The summed E-state index contributed by atoms with van der Waals surface area (Å²) in [6.45, 7) is 1.92. The minimum atomic E-state index is 0.375. The van der Waals surface area contributed by atoms with E-state index in [0.29, 0.717) is 6.10 Å². The molecule has 16 heavy (non-hydrogen) atoms.